The summed E-state index contributed by atoms with van der Waals surface area (Å²) >= 11 is 1.79. The van der Waals surface area contributed by atoms with E-state index in [1.165, 1.54) is 26.1 Å². The maximum Gasteiger partial charge on any atom is 0.0991 e. The topological polar surface area (TPSA) is 23.8 Å². The average Bonchev–Trinajstić information content (AvgIpc) is 2.61. The molecule has 0 aliphatic rings. The lowest BCUT2D eigenvalue weighted by Crippen LogP contribution is -1.87. The number of allylic oxidation sites excluding steroid dienone is 2. The van der Waals surface area contributed by atoms with Crippen molar-refractivity contribution in [3.63, 3.8) is 0 Å². The first-order chi connectivity index (χ1) is 11.2. The van der Waals surface area contributed by atoms with Crippen LogP contribution in [-0.4, -0.2) is 0 Å². The van der Waals surface area contributed by atoms with Gasteiger partial charge in [-0.1, -0.05) is 60.3 Å². The summed E-state index contributed by atoms with van der Waals surface area (Å²) in [5.41, 5.74) is 3.07. The molecule has 23 heavy (non-hydrogen) atoms. The van der Waals surface area contributed by atoms with Gasteiger partial charge in [-0.2, -0.15) is 5.26 Å². The van der Waals surface area contributed by atoms with Crippen LogP contribution in [0.5, 0.6) is 0 Å². The molecule has 112 valence electrons. The summed E-state index contributed by atoms with van der Waals surface area (Å²) in [5, 5.41) is 11.5. The molecule has 0 aliphatic heterocycles. The molecule has 0 saturated heterocycles. The Kier molecular flexibility index (Phi) is 4.50. The minimum atomic E-state index is 0.688. The maximum absolute atomic E-state index is 9.01. The van der Waals surface area contributed by atoms with Gasteiger partial charge in [-0.05, 0) is 53.3 Å². The fraction of sp³-hybridized carbons (Fsp3) is 0.0952. The van der Waals surface area contributed by atoms with Crippen LogP contribution in [0.15, 0.2) is 76.5 Å². The molecule has 0 bridgehead atoms. The van der Waals surface area contributed by atoms with Gasteiger partial charge in [0, 0.05) is 10.5 Å². The first-order valence-electron chi connectivity index (χ1n) is 7.56. The molecule has 2 heteroatoms. The fourth-order valence-corrected chi connectivity index (χ4v) is 3.51. The highest BCUT2D eigenvalue weighted by molar-refractivity contribution is 8.03. The van der Waals surface area contributed by atoms with Crippen molar-refractivity contribution in [3.8, 4) is 17.2 Å². The van der Waals surface area contributed by atoms with E-state index in [2.05, 4.69) is 62.4 Å². The lowest BCUT2D eigenvalue weighted by atomic mass is 9.97. The lowest BCUT2D eigenvalue weighted by Gasteiger charge is -2.13. The molecule has 0 atom stereocenters. The largest absolute Gasteiger partial charge is 0.192 e. The predicted octanol–water partition coefficient (Wildman–Crippen LogP) is 6.39. The van der Waals surface area contributed by atoms with Gasteiger partial charge in [0.2, 0.25) is 0 Å². The van der Waals surface area contributed by atoms with E-state index >= 15 is 0 Å². The summed E-state index contributed by atoms with van der Waals surface area (Å²) in [6, 6.07) is 22.8. The molecule has 0 radical (unpaired) electrons. The van der Waals surface area contributed by atoms with E-state index in [4.69, 9.17) is 5.26 Å². The minimum Gasteiger partial charge on any atom is -0.192 e. The Balaban J connectivity index is 2.25. The van der Waals surface area contributed by atoms with Crippen molar-refractivity contribution in [2.45, 2.75) is 18.7 Å². The third-order valence-electron chi connectivity index (χ3n) is 3.87. The monoisotopic (exact) mass is 315 g/mol. The number of rotatable bonds is 3. The van der Waals surface area contributed by atoms with E-state index in [0.29, 0.717) is 5.56 Å². The molecule has 3 aromatic carbocycles. The number of nitriles is 1. The zero-order valence-corrected chi connectivity index (χ0v) is 14.0. The summed E-state index contributed by atoms with van der Waals surface area (Å²) in [7, 11) is 0. The lowest BCUT2D eigenvalue weighted by molar-refractivity contribution is 1.45. The van der Waals surface area contributed by atoms with Gasteiger partial charge < -0.3 is 0 Å². The highest BCUT2D eigenvalue weighted by Gasteiger charge is 2.11. The summed E-state index contributed by atoms with van der Waals surface area (Å²) in [4.78, 5) is 2.51. The van der Waals surface area contributed by atoms with Crippen LogP contribution in [-0.2, 0) is 0 Å². The summed E-state index contributed by atoms with van der Waals surface area (Å²) in [6.45, 7) is 4.19. The molecule has 0 unspecified atom stereocenters. The van der Waals surface area contributed by atoms with E-state index < -0.39 is 0 Å². The number of hydrogen-bond acceptors (Lipinski definition) is 2. The highest BCUT2D eigenvalue weighted by Crippen LogP contribution is 2.40. The molecule has 0 heterocycles. The summed E-state index contributed by atoms with van der Waals surface area (Å²) in [6.07, 6.45) is 2.13. The third kappa shape index (κ3) is 3.16. The number of nitrogens with zero attached hydrogens (tertiary/aromatic N) is 1. The van der Waals surface area contributed by atoms with Crippen molar-refractivity contribution in [2.75, 3.05) is 0 Å². The highest BCUT2D eigenvalue weighted by atomic mass is 32.2. The van der Waals surface area contributed by atoms with Crippen LogP contribution in [0.1, 0.15) is 19.4 Å². The van der Waals surface area contributed by atoms with Gasteiger partial charge in [-0.3, -0.25) is 0 Å². The van der Waals surface area contributed by atoms with Crippen molar-refractivity contribution in [3.05, 3.63) is 77.2 Å². The van der Waals surface area contributed by atoms with Crippen molar-refractivity contribution < 1.29 is 0 Å². The summed E-state index contributed by atoms with van der Waals surface area (Å²) in [5.74, 6) is 0. The Morgan fingerprint density at radius 2 is 1.74 bits per heavy atom. The van der Waals surface area contributed by atoms with Crippen molar-refractivity contribution in [1.29, 1.82) is 5.26 Å². The van der Waals surface area contributed by atoms with Crippen LogP contribution in [0.3, 0.4) is 0 Å². The van der Waals surface area contributed by atoms with E-state index in [1.807, 2.05) is 24.3 Å². The molecule has 0 fully saturated rings. The number of fused-ring (bicyclic) bond motifs is 1. The molecular formula is C21H17NS. The van der Waals surface area contributed by atoms with Gasteiger partial charge in [-0.25, -0.2) is 0 Å². The SMILES string of the molecule is C/C=C(\C)Sc1ccc2ccccc2c1-c1ccc(C#N)cc1. The second-order valence-electron chi connectivity index (χ2n) is 5.35. The Bertz CT molecular complexity index is 915. The van der Waals surface area contributed by atoms with Crippen LogP contribution in [0.2, 0.25) is 0 Å². The van der Waals surface area contributed by atoms with Crippen LogP contribution < -0.4 is 0 Å². The van der Waals surface area contributed by atoms with E-state index in [-0.39, 0.29) is 0 Å². The quantitative estimate of drug-likeness (QED) is 0.522. The Morgan fingerprint density at radius 1 is 1.00 bits per heavy atom. The van der Waals surface area contributed by atoms with Gasteiger partial charge >= 0.3 is 0 Å². The Hall–Kier alpha value is -2.50. The number of benzene rings is 3. The first-order valence-corrected chi connectivity index (χ1v) is 8.37. The molecule has 0 aromatic heterocycles. The van der Waals surface area contributed by atoms with Crippen LogP contribution in [0.4, 0.5) is 0 Å². The maximum atomic E-state index is 9.01. The number of thioether (sulfide) groups is 1. The Morgan fingerprint density at radius 3 is 2.43 bits per heavy atom. The normalized spacial score (nSPS) is 11.4. The van der Waals surface area contributed by atoms with E-state index in [1.54, 1.807) is 11.8 Å². The Labute approximate surface area is 141 Å². The van der Waals surface area contributed by atoms with Crippen LogP contribution >= 0.6 is 11.8 Å². The predicted molar refractivity (Wildman–Crippen MR) is 99.4 cm³/mol. The summed E-state index contributed by atoms with van der Waals surface area (Å²) < 4.78 is 0. The van der Waals surface area contributed by atoms with E-state index in [9.17, 15) is 0 Å². The zero-order valence-electron chi connectivity index (χ0n) is 13.2. The van der Waals surface area contributed by atoms with Crippen LogP contribution in [0, 0.1) is 11.3 Å². The molecule has 1 nitrogen and oxygen atoms in total. The molecule has 0 spiro atoms. The molecule has 0 N–H and O–H groups in total. The average molecular weight is 315 g/mol. The van der Waals surface area contributed by atoms with Gasteiger partial charge in [0.1, 0.15) is 0 Å². The molecular weight excluding hydrogens is 298 g/mol. The van der Waals surface area contributed by atoms with Crippen LogP contribution in [0.25, 0.3) is 21.9 Å². The van der Waals surface area contributed by atoms with Crippen molar-refractivity contribution >= 4 is 22.5 Å². The van der Waals surface area contributed by atoms with Gasteiger partial charge in [0.05, 0.1) is 11.6 Å². The molecule has 0 amide bonds. The molecule has 3 aromatic rings. The van der Waals surface area contributed by atoms with Gasteiger partial charge in [0.25, 0.3) is 0 Å². The fourth-order valence-electron chi connectivity index (χ4n) is 2.58. The molecule has 0 aliphatic carbocycles. The van der Waals surface area contributed by atoms with E-state index in [0.717, 1.165) is 5.56 Å². The second-order valence-corrected chi connectivity index (χ2v) is 6.64. The third-order valence-corrected chi connectivity index (χ3v) is 4.99. The first kappa shape index (κ1) is 15.4. The minimum absolute atomic E-state index is 0.688. The van der Waals surface area contributed by atoms with Crippen molar-refractivity contribution in [1.82, 2.24) is 0 Å². The molecule has 3 rings (SSSR count). The van der Waals surface area contributed by atoms with Crippen molar-refractivity contribution in [2.24, 2.45) is 0 Å². The van der Waals surface area contributed by atoms with Gasteiger partial charge in [-0.15, -0.1) is 0 Å². The van der Waals surface area contributed by atoms with Gasteiger partial charge in [0.15, 0.2) is 0 Å². The second kappa shape index (κ2) is 6.73. The smallest absolute Gasteiger partial charge is 0.0991 e. The standard InChI is InChI=1S/C21H17NS/c1-3-15(2)23-20-13-12-17-6-4-5-7-19(17)21(20)18-10-8-16(14-22)9-11-18/h3-13H,1-2H3/b15-3+. The zero-order chi connectivity index (χ0) is 16.2. The number of hydrogen-bond donors (Lipinski definition) is 0. The molecule has 0 saturated carbocycles.